The number of benzene rings is 2. The summed E-state index contributed by atoms with van der Waals surface area (Å²) in [6.45, 7) is 0.661. The van der Waals surface area contributed by atoms with Crippen molar-refractivity contribution in [2.75, 3.05) is 12.3 Å². The topological polar surface area (TPSA) is 120 Å². The summed E-state index contributed by atoms with van der Waals surface area (Å²) in [6.07, 6.45) is 5.46. The van der Waals surface area contributed by atoms with Crippen LogP contribution in [0.4, 0.5) is 5.88 Å². The molecule has 2 heterocycles. The zero-order valence-electron chi connectivity index (χ0n) is 20.6. The SMILES string of the molecule is [3H]C(Cc1ccccc1)(NC(=O)C1CCC(CN)CC1)c1cc(-c2ccc3c(N)onc3c2)ccn1. The Kier molecular flexibility index (Phi) is 6.40. The Morgan fingerprint density at radius 2 is 1.86 bits per heavy atom. The number of nitrogens with two attached hydrogens (primary N) is 2. The largest absolute Gasteiger partial charge is 0.367 e. The number of nitrogens with one attached hydrogen (secondary N) is 1. The summed E-state index contributed by atoms with van der Waals surface area (Å²) in [5.41, 5.74) is 15.5. The molecular formula is C28H31N5O2. The molecule has 1 aliphatic carbocycles. The first-order valence-electron chi connectivity index (χ1n) is 12.6. The number of hydrogen-bond acceptors (Lipinski definition) is 6. The highest BCUT2D eigenvalue weighted by Gasteiger charge is 2.28. The number of carbonyl (C=O) groups is 1. The van der Waals surface area contributed by atoms with E-state index in [2.05, 4.69) is 15.5 Å². The van der Waals surface area contributed by atoms with Crippen LogP contribution in [-0.2, 0) is 11.2 Å². The quantitative estimate of drug-likeness (QED) is 0.361. The van der Waals surface area contributed by atoms with Crippen molar-refractivity contribution in [3.05, 3.63) is 78.1 Å². The van der Waals surface area contributed by atoms with E-state index < -0.39 is 6.02 Å². The van der Waals surface area contributed by atoms with Crippen molar-refractivity contribution in [2.24, 2.45) is 17.6 Å². The third-order valence-electron chi connectivity index (χ3n) is 6.96. The predicted molar refractivity (Wildman–Crippen MR) is 137 cm³/mol. The van der Waals surface area contributed by atoms with Gasteiger partial charge in [0.1, 0.15) is 5.52 Å². The average molecular weight is 472 g/mol. The normalized spacial score (nSPS) is 20.2. The molecule has 1 fully saturated rings. The van der Waals surface area contributed by atoms with E-state index in [0.29, 0.717) is 30.1 Å². The van der Waals surface area contributed by atoms with Crippen LogP contribution in [0, 0.1) is 11.8 Å². The fourth-order valence-electron chi connectivity index (χ4n) is 4.83. The molecule has 0 bridgehead atoms. The molecule has 1 atom stereocenters. The number of carbonyl (C=O) groups excluding carboxylic acids is 1. The minimum atomic E-state index is -1.43. The number of rotatable bonds is 7. The van der Waals surface area contributed by atoms with E-state index in [1.165, 1.54) is 0 Å². The molecular weight excluding hydrogens is 438 g/mol. The lowest BCUT2D eigenvalue weighted by molar-refractivity contribution is -0.127. The van der Waals surface area contributed by atoms with E-state index in [4.69, 9.17) is 16.0 Å². The molecule has 7 heteroatoms. The van der Waals surface area contributed by atoms with Crippen molar-refractivity contribution in [3.8, 4) is 11.1 Å². The lowest BCUT2D eigenvalue weighted by Gasteiger charge is -2.28. The molecule has 4 aromatic rings. The van der Waals surface area contributed by atoms with Gasteiger partial charge in [0.25, 0.3) is 0 Å². The highest BCUT2D eigenvalue weighted by Crippen LogP contribution is 2.31. The first-order chi connectivity index (χ1) is 17.4. The lowest BCUT2D eigenvalue weighted by atomic mass is 9.81. The molecule has 5 rings (SSSR count). The van der Waals surface area contributed by atoms with E-state index in [1.807, 2.05) is 60.7 Å². The van der Waals surface area contributed by atoms with Crippen LogP contribution in [0.15, 0.2) is 71.4 Å². The Bertz CT molecular complexity index is 1350. The van der Waals surface area contributed by atoms with Crippen LogP contribution in [0.5, 0.6) is 0 Å². The van der Waals surface area contributed by atoms with Crippen molar-refractivity contribution >= 4 is 22.7 Å². The molecule has 5 N–H and O–H groups in total. The molecule has 0 radical (unpaired) electrons. The van der Waals surface area contributed by atoms with E-state index in [9.17, 15) is 6.17 Å². The summed E-state index contributed by atoms with van der Waals surface area (Å²) < 4.78 is 14.6. The number of nitrogens with zero attached hydrogens (tertiary/aromatic N) is 2. The summed E-state index contributed by atoms with van der Waals surface area (Å²) in [7, 11) is 0. The van der Waals surface area contributed by atoms with Crippen LogP contribution in [-0.4, -0.2) is 22.6 Å². The van der Waals surface area contributed by atoms with Crippen LogP contribution in [0.3, 0.4) is 0 Å². The Morgan fingerprint density at radius 3 is 2.63 bits per heavy atom. The standard InChI is InChI=1S/C28H31N5O2/c29-17-19-6-8-20(9-7-19)28(34)32-26(14-18-4-2-1-3-5-18)25-16-22(12-13-31-25)21-10-11-23-24(15-21)33-35-27(23)30/h1-5,10-13,15-16,19-20,26H,6-9,14,17,29-30H2,(H,32,34)/i26T. The van der Waals surface area contributed by atoms with Crippen LogP contribution in [0.2, 0.25) is 0 Å². The molecule has 7 nitrogen and oxygen atoms in total. The fraction of sp³-hybridized carbons (Fsp3) is 0.321. The van der Waals surface area contributed by atoms with Gasteiger partial charge in [-0.3, -0.25) is 9.78 Å². The van der Waals surface area contributed by atoms with Gasteiger partial charge in [0, 0.05) is 12.1 Å². The van der Waals surface area contributed by atoms with Crippen molar-refractivity contribution < 1.29 is 10.7 Å². The Hall–Kier alpha value is -3.71. The Morgan fingerprint density at radius 1 is 1.09 bits per heavy atom. The fourth-order valence-corrected chi connectivity index (χ4v) is 4.83. The van der Waals surface area contributed by atoms with Crippen LogP contribution in [0.25, 0.3) is 22.0 Å². The van der Waals surface area contributed by atoms with Crippen molar-refractivity contribution in [2.45, 2.75) is 38.1 Å². The van der Waals surface area contributed by atoms with E-state index in [-0.39, 0.29) is 17.7 Å². The maximum Gasteiger partial charge on any atom is 0.229 e. The highest BCUT2D eigenvalue weighted by atomic mass is 16.5. The third-order valence-corrected chi connectivity index (χ3v) is 6.96. The van der Waals surface area contributed by atoms with E-state index >= 15 is 0 Å². The third kappa shape index (κ3) is 5.20. The molecule has 180 valence electrons. The summed E-state index contributed by atoms with van der Waals surface area (Å²) in [6, 6.07) is 17.8. The average Bonchev–Trinajstić information content (AvgIpc) is 3.29. The van der Waals surface area contributed by atoms with Crippen LogP contribution < -0.4 is 16.8 Å². The first-order valence-corrected chi connectivity index (χ1v) is 12.1. The smallest absolute Gasteiger partial charge is 0.229 e. The van der Waals surface area contributed by atoms with Gasteiger partial charge in [0.05, 0.1) is 18.5 Å². The second-order valence-electron chi connectivity index (χ2n) is 9.29. The second kappa shape index (κ2) is 10.3. The van der Waals surface area contributed by atoms with Gasteiger partial charge >= 0.3 is 0 Å². The second-order valence-corrected chi connectivity index (χ2v) is 9.29. The van der Waals surface area contributed by atoms with Crippen molar-refractivity contribution in [1.29, 1.82) is 0 Å². The van der Waals surface area contributed by atoms with Gasteiger partial charge in [-0.25, -0.2) is 0 Å². The zero-order chi connectivity index (χ0) is 25.1. The molecule has 2 aromatic heterocycles. The number of amides is 1. The van der Waals surface area contributed by atoms with Gasteiger partial charge < -0.3 is 21.3 Å². The maximum absolute atomic E-state index is 13.4. The van der Waals surface area contributed by atoms with E-state index in [0.717, 1.165) is 47.8 Å². The van der Waals surface area contributed by atoms with Gasteiger partial charge in [-0.1, -0.05) is 41.6 Å². The number of fused-ring (bicyclic) bond motifs is 1. The molecule has 0 saturated heterocycles. The first kappa shape index (κ1) is 21.8. The van der Waals surface area contributed by atoms with Gasteiger partial charge in [-0.2, -0.15) is 0 Å². The Labute approximate surface area is 206 Å². The monoisotopic (exact) mass is 471 g/mol. The number of hydrogen-bond donors (Lipinski definition) is 3. The summed E-state index contributed by atoms with van der Waals surface area (Å²) in [5.74, 6) is 0.553. The minimum absolute atomic E-state index is 0.0944. The molecule has 35 heavy (non-hydrogen) atoms. The van der Waals surface area contributed by atoms with Crippen LogP contribution >= 0.6 is 0 Å². The molecule has 1 aliphatic rings. The number of aromatic nitrogens is 2. The van der Waals surface area contributed by atoms with Gasteiger partial charge in [0.2, 0.25) is 11.8 Å². The number of anilines is 1. The molecule has 1 unspecified atom stereocenters. The van der Waals surface area contributed by atoms with Gasteiger partial charge in [-0.05, 0) is 85.5 Å². The van der Waals surface area contributed by atoms with Gasteiger partial charge in [-0.15, -0.1) is 0 Å². The van der Waals surface area contributed by atoms with Crippen LogP contribution in [0.1, 0.15) is 44.3 Å². The molecule has 0 spiro atoms. The summed E-state index contributed by atoms with van der Waals surface area (Å²) in [5, 5.41) is 7.83. The van der Waals surface area contributed by atoms with Crippen molar-refractivity contribution in [1.82, 2.24) is 15.5 Å². The minimum Gasteiger partial charge on any atom is -0.367 e. The maximum atomic E-state index is 13.4. The molecule has 2 aromatic carbocycles. The highest BCUT2D eigenvalue weighted by molar-refractivity contribution is 5.90. The number of pyridine rings is 1. The zero-order valence-corrected chi connectivity index (χ0v) is 19.6. The summed E-state index contributed by atoms with van der Waals surface area (Å²) >= 11 is 0. The van der Waals surface area contributed by atoms with Gasteiger partial charge in [0.15, 0.2) is 0 Å². The predicted octanol–water partition coefficient (Wildman–Crippen LogP) is 4.64. The molecule has 1 amide bonds. The van der Waals surface area contributed by atoms with E-state index in [1.54, 1.807) is 6.20 Å². The Balaban J connectivity index is 1.46. The van der Waals surface area contributed by atoms with Crippen molar-refractivity contribution in [3.63, 3.8) is 0 Å². The number of nitrogen functional groups attached to an aromatic ring is 1. The molecule has 1 saturated carbocycles. The molecule has 0 aliphatic heterocycles. The summed E-state index contributed by atoms with van der Waals surface area (Å²) in [4.78, 5) is 17.9. The lowest BCUT2D eigenvalue weighted by Crippen LogP contribution is -2.37.